The number of H-pyrrole nitrogens is 1. The van der Waals surface area contributed by atoms with E-state index in [-0.39, 0.29) is 17.4 Å². The average Bonchev–Trinajstić information content (AvgIpc) is 3.17. The molecule has 0 bridgehead atoms. The van der Waals surface area contributed by atoms with E-state index in [1.54, 1.807) is 29.2 Å². The van der Waals surface area contributed by atoms with E-state index in [2.05, 4.69) is 10.3 Å². The molecule has 1 atom stereocenters. The van der Waals surface area contributed by atoms with Gasteiger partial charge in [-0.1, -0.05) is 6.92 Å². The van der Waals surface area contributed by atoms with Gasteiger partial charge in [0, 0.05) is 49.2 Å². The molecule has 1 saturated heterocycles. The van der Waals surface area contributed by atoms with Gasteiger partial charge in [-0.05, 0) is 30.7 Å². The van der Waals surface area contributed by atoms with Crippen LogP contribution in [0.4, 0.5) is 15.8 Å². The van der Waals surface area contributed by atoms with Crippen LogP contribution in [0.1, 0.15) is 13.3 Å². The normalized spacial score (nSPS) is 16.3. The molecule has 0 unspecified atom stereocenters. The third-order valence-electron chi connectivity index (χ3n) is 5.59. The smallest absolute Gasteiger partial charge is 0.417 e. The Balaban J connectivity index is 1.44. The van der Waals surface area contributed by atoms with Gasteiger partial charge in [-0.25, -0.2) is 9.18 Å². The standard InChI is InChI=1S/C22H23FN4O5/c1-3-14-12-26(15-5-7-18(31-2)16(23)11-15)8-9-27(14)21(29)20(28)24-13-4-6-17-19(10-13)32-22(30)25-17/h4-7,10-11,14H,3,8-9,12H2,1-2H3,(H,24,28)(H,25,30)/t14-/m1/s1. The topological polar surface area (TPSA) is 108 Å². The van der Waals surface area contributed by atoms with E-state index in [0.29, 0.717) is 42.9 Å². The minimum atomic E-state index is -0.773. The molecule has 10 heteroatoms. The summed E-state index contributed by atoms with van der Waals surface area (Å²) in [6.45, 7) is 3.19. The second kappa shape index (κ2) is 8.74. The number of benzene rings is 2. The molecule has 4 rings (SSSR count). The summed E-state index contributed by atoms with van der Waals surface area (Å²) in [6.07, 6.45) is 0.634. The van der Waals surface area contributed by atoms with Gasteiger partial charge >= 0.3 is 17.6 Å². The van der Waals surface area contributed by atoms with Gasteiger partial charge in [0.25, 0.3) is 0 Å². The molecule has 1 aromatic heterocycles. The molecule has 0 spiro atoms. The summed E-state index contributed by atoms with van der Waals surface area (Å²) >= 11 is 0. The number of aromatic amines is 1. The van der Waals surface area contributed by atoms with E-state index in [0.717, 1.165) is 0 Å². The van der Waals surface area contributed by atoms with E-state index in [1.807, 2.05) is 11.8 Å². The van der Waals surface area contributed by atoms with Crippen LogP contribution in [0.5, 0.6) is 5.75 Å². The van der Waals surface area contributed by atoms with E-state index < -0.39 is 23.4 Å². The maximum Gasteiger partial charge on any atom is 0.417 e. The zero-order chi connectivity index (χ0) is 22.8. The monoisotopic (exact) mass is 442 g/mol. The van der Waals surface area contributed by atoms with Crippen molar-refractivity contribution >= 4 is 34.3 Å². The molecule has 9 nitrogen and oxygen atoms in total. The van der Waals surface area contributed by atoms with Crippen molar-refractivity contribution in [3.63, 3.8) is 0 Å². The van der Waals surface area contributed by atoms with Crippen LogP contribution < -0.4 is 20.7 Å². The quantitative estimate of drug-likeness (QED) is 0.601. The number of fused-ring (bicyclic) bond motifs is 1. The van der Waals surface area contributed by atoms with Gasteiger partial charge in [-0.2, -0.15) is 0 Å². The number of methoxy groups -OCH3 is 1. The van der Waals surface area contributed by atoms with Gasteiger partial charge in [0.05, 0.1) is 12.6 Å². The Morgan fingerprint density at radius 1 is 1.25 bits per heavy atom. The number of ether oxygens (including phenoxy) is 1. The molecule has 168 valence electrons. The zero-order valence-electron chi connectivity index (χ0n) is 17.7. The highest BCUT2D eigenvalue weighted by Gasteiger charge is 2.33. The summed E-state index contributed by atoms with van der Waals surface area (Å²) < 4.78 is 24.1. The summed E-state index contributed by atoms with van der Waals surface area (Å²) in [7, 11) is 1.41. The number of rotatable bonds is 4. The van der Waals surface area contributed by atoms with Gasteiger partial charge in [-0.3, -0.25) is 14.6 Å². The maximum absolute atomic E-state index is 14.1. The largest absolute Gasteiger partial charge is 0.494 e. The van der Waals surface area contributed by atoms with Crippen LogP contribution >= 0.6 is 0 Å². The van der Waals surface area contributed by atoms with Crippen LogP contribution in [-0.4, -0.2) is 54.5 Å². The molecule has 2 N–H and O–H groups in total. The van der Waals surface area contributed by atoms with Crippen LogP contribution in [0, 0.1) is 5.82 Å². The Hall–Kier alpha value is -3.82. The summed E-state index contributed by atoms with van der Waals surface area (Å²) in [5.41, 5.74) is 1.82. The number of piperazine rings is 1. The number of aromatic nitrogens is 1. The second-order valence-electron chi connectivity index (χ2n) is 7.51. The minimum Gasteiger partial charge on any atom is -0.494 e. The maximum atomic E-state index is 14.1. The van der Waals surface area contributed by atoms with Crippen molar-refractivity contribution in [1.82, 2.24) is 9.88 Å². The Labute approximate surface area is 182 Å². The first-order valence-electron chi connectivity index (χ1n) is 10.2. The third-order valence-corrected chi connectivity index (χ3v) is 5.59. The molecule has 2 amide bonds. The highest BCUT2D eigenvalue weighted by atomic mass is 19.1. The number of amides is 2. The lowest BCUT2D eigenvalue weighted by Gasteiger charge is -2.41. The molecule has 1 aliphatic rings. The first-order valence-corrected chi connectivity index (χ1v) is 10.2. The van der Waals surface area contributed by atoms with Crippen molar-refractivity contribution in [3.8, 4) is 5.75 Å². The number of halogens is 1. The number of nitrogens with zero attached hydrogens (tertiary/aromatic N) is 2. The van der Waals surface area contributed by atoms with E-state index in [9.17, 15) is 18.8 Å². The van der Waals surface area contributed by atoms with Crippen molar-refractivity contribution in [2.45, 2.75) is 19.4 Å². The molecule has 1 fully saturated rings. The van der Waals surface area contributed by atoms with E-state index >= 15 is 0 Å². The van der Waals surface area contributed by atoms with Gasteiger partial charge in [-0.15, -0.1) is 0 Å². The number of nitrogens with one attached hydrogen (secondary N) is 2. The summed E-state index contributed by atoms with van der Waals surface area (Å²) in [6, 6.07) is 9.18. The molecule has 32 heavy (non-hydrogen) atoms. The highest BCUT2D eigenvalue weighted by Crippen LogP contribution is 2.26. The van der Waals surface area contributed by atoms with Gasteiger partial charge in [0.2, 0.25) is 0 Å². The predicted octanol–water partition coefficient (Wildman–Crippen LogP) is 2.33. The third kappa shape index (κ3) is 4.16. The summed E-state index contributed by atoms with van der Waals surface area (Å²) in [5, 5.41) is 2.56. The number of carbonyl (C=O) groups is 2. The predicted molar refractivity (Wildman–Crippen MR) is 116 cm³/mol. The fourth-order valence-electron chi connectivity index (χ4n) is 3.90. The molecule has 0 aliphatic carbocycles. The lowest BCUT2D eigenvalue weighted by Crippen LogP contribution is -2.57. The van der Waals surface area contributed by atoms with E-state index in [4.69, 9.17) is 9.15 Å². The Morgan fingerprint density at radius 3 is 2.78 bits per heavy atom. The average molecular weight is 442 g/mol. The number of anilines is 2. The van der Waals surface area contributed by atoms with Crippen molar-refractivity contribution in [3.05, 3.63) is 52.8 Å². The number of hydrogen-bond acceptors (Lipinski definition) is 6. The van der Waals surface area contributed by atoms with Gasteiger partial charge in [0.15, 0.2) is 17.1 Å². The Kier molecular flexibility index (Phi) is 5.85. The number of carbonyl (C=O) groups excluding carboxylic acids is 2. The van der Waals surface area contributed by atoms with Gasteiger partial charge < -0.3 is 24.3 Å². The van der Waals surface area contributed by atoms with Crippen LogP contribution in [0.2, 0.25) is 0 Å². The molecule has 0 saturated carbocycles. The summed E-state index contributed by atoms with van der Waals surface area (Å²) in [5.74, 6) is -2.30. The first-order chi connectivity index (χ1) is 15.4. The zero-order valence-corrected chi connectivity index (χ0v) is 17.7. The van der Waals surface area contributed by atoms with Crippen molar-refractivity contribution in [2.24, 2.45) is 0 Å². The first kappa shape index (κ1) is 21.4. The molecular formula is C22H23FN4O5. The molecular weight excluding hydrogens is 419 g/mol. The van der Waals surface area contributed by atoms with Gasteiger partial charge in [0.1, 0.15) is 0 Å². The second-order valence-corrected chi connectivity index (χ2v) is 7.51. The van der Waals surface area contributed by atoms with Crippen LogP contribution in [0.25, 0.3) is 11.1 Å². The summed E-state index contributed by atoms with van der Waals surface area (Å²) in [4.78, 5) is 42.8. The Bertz CT molecular complexity index is 1220. The van der Waals surface area contributed by atoms with Crippen LogP contribution in [-0.2, 0) is 9.59 Å². The van der Waals surface area contributed by atoms with Crippen molar-refractivity contribution in [1.29, 1.82) is 0 Å². The molecule has 2 aromatic carbocycles. The lowest BCUT2D eigenvalue weighted by atomic mass is 10.1. The minimum absolute atomic E-state index is 0.170. The molecule has 1 aliphatic heterocycles. The molecule has 3 aromatic rings. The lowest BCUT2D eigenvalue weighted by molar-refractivity contribution is -0.145. The Morgan fingerprint density at radius 2 is 2.06 bits per heavy atom. The molecule has 0 radical (unpaired) electrons. The van der Waals surface area contributed by atoms with Crippen LogP contribution in [0.15, 0.2) is 45.6 Å². The highest BCUT2D eigenvalue weighted by molar-refractivity contribution is 6.39. The van der Waals surface area contributed by atoms with Crippen molar-refractivity contribution < 1.29 is 23.1 Å². The number of oxazole rings is 1. The fourth-order valence-corrected chi connectivity index (χ4v) is 3.90. The fraction of sp³-hybridized carbons (Fsp3) is 0.318. The van der Waals surface area contributed by atoms with Crippen LogP contribution in [0.3, 0.4) is 0 Å². The molecule has 2 heterocycles. The number of hydrogen-bond donors (Lipinski definition) is 2. The van der Waals surface area contributed by atoms with E-state index in [1.165, 1.54) is 19.2 Å². The van der Waals surface area contributed by atoms with Crippen molar-refractivity contribution in [2.75, 3.05) is 37.0 Å². The SMILES string of the molecule is CC[C@@H]1CN(c2ccc(OC)c(F)c2)CCN1C(=O)C(=O)Nc1ccc2[nH]c(=O)oc2c1.